The first-order valence-electron chi connectivity index (χ1n) is 6.62. The standard InChI is InChI=1S/C13H22N2O3/c1-9-8-13(12(17)18,6-7-14(9)3)15(10(2)16)11-4-5-11/h9,11H,4-8H2,1-3H3,(H,17,18). The Hall–Kier alpha value is -1.10. The van der Waals surface area contributed by atoms with Gasteiger partial charge in [0.25, 0.3) is 0 Å². The second-order valence-electron chi connectivity index (χ2n) is 5.74. The van der Waals surface area contributed by atoms with E-state index in [1.54, 1.807) is 4.90 Å². The average Bonchev–Trinajstić information content (AvgIpc) is 3.07. The summed E-state index contributed by atoms with van der Waals surface area (Å²) in [5.41, 5.74) is -0.987. The number of aliphatic carboxylic acids is 1. The summed E-state index contributed by atoms with van der Waals surface area (Å²) in [5.74, 6) is -0.943. The molecule has 0 aromatic heterocycles. The van der Waals surface area contributed by atoms with Gasteiger partial charge in [0.15, 0.2) is 0 Å². The normalized spacial score (nSPS) is 33.2. The summed E-state index contributed by atoms with van der Waals surface area (Å²) in [6.07, 6.45) is 2.94. The Balaban J connectivity index is 2.31. The van der Waals surface area contributed by atoms with Crippen molar-refractivity contribution in [3.63, 3.8) is 0 Å². The lowest BCUT2D eigenvalue weighted by molar-refractivity contribution is -0.164. The third kappa shape index (κ3) is 2.11. The Labute approximate surface area is 108 Å². The topological polar surface area (TPSA) is 60.9 Å². The van der Waals surface area contributed by atoms with Gasteiger partial charge < -0.3 is 14.9 Å². The second kappa shape index (κ2) is 4.53. The van der Waals surface area contributed by atoms with E-state index in [1.807, 2.05) is 14.0 Å². The Morgan fingerprint density at radius 1 is 1.39 bits per heavy atom. The first-order chi connectivity index (χ1) is 8.38. The highest BCUT2D eigenvalue weighted by Gasteiger charge is 2.53. The minimum Gasteiger partial charge on any atom is -0.479 e. The van der Waals surface area contributed by atoms with Gasteiger partial charge in [0, 0.05) is 25.6 Å². The lowest BCUT2D eigenvalue weighted by Gasteiger charge is -2.47. The number of amides is 1. The van der Waals surface area contributed by atoms with Gasteiger partial charge in [-0.25, -0.2) is 4.79 Å². The molecule has 2 unspecified atom stereocenters. The van der Waals surface area contributed by atoms with Crippen LogP contribution in [0.1, 0.15) is 39.5 Å². The highest BCUT2D eigenvalue weighted by molar-refractivity contribution is 5.86. The molecule has 0 spiro atoms. The maximum atomic E-state index is 11.9. The fourth-order valence-electron chi connectivity index (χ4n) is 3.09. The van der Waals surface area contributed by atoms with Gasteiger partial charge in [-0.2, -0.15) is 0 Å². The van der Waals surface area contributed by atoms with E-state index < -0.39 is 11.5 Å². The molecule has 1 saturated heterocycles. The van der Waals surface area contributed by atoms with Crippen molar-refractivity contribution in [2.75, 3.05) is 13.6 Å². The minimum atomic E-state index is -0.987. The van der Waals surface area contributed by atoms with Gasteiger partial charge in [0.1, 0.15) is 5.54 Å². The molecular formula is C13H22N2O3. The lowest BCUT2D eigenvalue weighted by Crippen LogP contribution is -2.63. The van der Waals surface area contributed by atoms with E-state index in [2.05, 4.69) is 4.90 Å². The Bertz CT molecular complexity index is 367. The molecule has 1 N–H and O–H groups in total. The van der Waals surface area contributed by atoms with Crippen molar-refractivity contribution in [1.82, 2.24) is 9.80 Å². The zero-order chi connectivity index (χ0) is 13.5. The van der Waals surface area contributed by atoms with Crippen LogP contribution < -0.4 is 0 Å². The van der Waals surface area contributed by atoms with Crippen molar-refractivity contribution >= 4 is 11.9 Å². The van der Waals surface area contributed by atoms with Crippen LogP contribution in [0.25, 0.3) is 0 Å². The third-order valence-corrected chi connectivity index (χ3v) is 4.37. The molecule has 1 amide bonds. The van der Waals surface area contributed by atoms with E-state index in [-0.39, 0.29) is 18.0 Å². The first kappa shape index (κ1) is 13.3. The summed E-state index contributed by atoms with van der Waals surface area (Å²) in [5, 5.41) is 9.68. The van der Waals surface area contributed by atoms with E-state index >= 15 is 0 Å². The quantitative estimate of drug-likeness (QED) is 0.814. The Morgan fingerprint density at radius 2 is 2.00 bits per heavy atom. The molecule has 0 aromatic carbocycles. The molecule has 2 aliphatic rings. The van der Waals surface area contributed by atoms with Crippen molar-refractivity contribution in [3.05, 3.63) is 0 Å². The highest BCUT2D eigenvalue weighted by Crippen LogP contribution is 2.40. The van der Waals surface area contributed by atoms with Crippen LogP contribution in [0.2, 0.25) is 0 Å². The summed E-state index contributed by atoms with van der Waals surface area (Å²) in [6.45, 7) is 4.25. The van der Waals surface area contributed by atoms with Gasteiger partial charge in [-0.05, 0) is 39.7 Å². The number of carbonyl (C=O) groups excluding carboxylic acids is 1. The second-order valence-corrected chi connectivity index (χ2v) is 5.74. The smallest absolute Gasteiger partial charge is 0.329 e. The van der Waals surface area contributed by atoms with Crippen molar-refractivity contribution in [1.29, 1.82) is 0 Å². The summed E-state index contributed by atoms with van der Waals surface area (Å²) in [4.78, 5) is 27.5. The Kier molecular flexibility index (Phi) is 3.36. The van der Waals surface area contributed by atoms with E-state index in [1.165, 1.54) is 6.92 Å². The van der Waals surface area contributed by atoms with Gasteiger partial charge in [0.05, 0.1) is 0 Å². The minimum absolute atomic E-state index is 0.100. The number of carboxylic acids is 1. The summed E-state index contributed by atoms with van der Waals surface area (Å²) in [6, 6.07) is 0.338. The molecule has 1 aliphatic heterocycles. The van der Waals surface area contributed by atoms with E-state index in [0.29, 0.717) is 12.8 Å². The molecule has 0 bridgehead atoms. The first-order valence-corrected chi connectivity index (χ1v) is 6.62. The van der Waals surface area contributed by atoms with Gasteiger partial charge in [-0.15, -0.1) is 0 Å². The summed E-state index contributed by atoms with van der Waals surface area (Å²) in [7, 11) is 2.01. The van der Waals surface area contributed by atoms with Gasteiger partial charge >= 0.3 is 5.97 Å². The monoisotopic (exact) mass is 254 g/mol. The van der Waals surface area contributed by atoms with E-state index in [0.717, 1.165) is 19.4 Å². The number of piperidine rings is 1. The molecule has 5 heteroatoms. The SMILES string of the molecule is CC(=O)N(C1CC1)C1(C(=O)O)CCN(C)C(C)C1. The molecule has 1 aliphatic carbocycles. The molecule has 2 rings (SSSR count). The lowest BCUT2D eigenvalue weighted by atomic mass is 9.81. The number of carbonyl (C=O) groups is 2. The maximum absolute atomic E-state index is 11.9. The molecule has 0 radical (unpaired) electrons. The Morgan fingerprint density at radius 3 is 2.39 bits per heavy atom. The fraction of sp³-hybridized carbons (Fsp3) is 0.846. The molecule has 2 atom stereocenters. The van der Waals surface area contributed by atoms with Crippen LogP contribution in [-0.2, 0) is 9.59 Å². The summed E-state index contributed by atoms with van der Waals surface area (Å²) < 4.78 is 0. The van der Waals surface area contributed by atoms with Gasteiger partial charge in [-0.1, -0.05) is 0 Å². The number of hydrogen-bond acceptors (Lipinski definition) is 3. The number of nitrogens with zero attached hydrogens (tertiary/aromatic N) is 2. The van der Waals surface area contributed by atoms with Crippen molar-refractivity contribution in [2.24, 2.45) is 0 Å². The molecule has 18 heavy (non-hydrogen) atoms. The summed E-state index contributed by atoms with van der Waals surface area (Å²) >= 11 is 0. The number of hydrogen-bond donors (Lipinski definition) is 1. The van der Waals surface area contributed by atoms with Crippen LogP contribution >= 0.6 is 0 Å². The van der Waals surface area contributed by atoms with Crippen LogP contribution in [0, 0.1) is 0 Å². The largest absolute Gasteiger partial charge is 0.479 e. The van der Waals surface area contributed by atoms with E-state index in [9.17, 15) is 14.7 Å². The van der Waals surface area contributed by atoms with Crippen LogP contribution in [0.4, 0.5) is 0 Å². The zero-order valence-electron chi connectivity index (χ0n) is 11.3. The van der Waals surface area contributed by atoms with Crippen molar-refractivity contribution in [3.8, 4) is 0 Å². The predicted octanol–water partition coefficient (Wildman–Crippen LogP) is 0.935. The highest BCUT2D eigenvalue weighted by atomic mass is 16.4. The number of likely N-dealkylation sites (tertiary alicyclic amines) is 1. The number of rotatable bonds is 3. The maximum Gasteiger partial charge on any atom is 0.329 e. The van der Waals surface area contributed by atoms with Gasteiger partial charge in [0.2, 0.25) is 5.91 Å². The van der Waals surface area contributed by atoms with Crippen LogP contribution in [-0.4, -0.2) is 58.0 Å². The molecule has 5 nitrogen and oxygen atoms in total. The molecule has 102 valence electrons. The predicted molar refractivity (Wildman–Crippen MR) is 67.2 cm³/mol. The molecule has 0 aromatic rings. The van der Waals surface area contributed by atoms with Gasteiger partial charge in [-0.3, -0.25) is 4.79 Å². The molecule has 1 saturated carbocycles. The van der Waals surface area contributed by atoms with Crippen LogP contribution in [0.5, 0.6) is 0 Å². The van der Waals surface area contributed by atoms with Crippen LogP contribution in [0.3, 0.4) is 0 Å². The molecule has 2 fully saturated rings. The van der Waals surface area contributed by atoms with E-state index in [4.69, 9.17) is 0 Å². The molecule has 1 heterocycles. The van der Waals surface area contributed by atoms with Crippen molar-refractivity contribution < 1.29 is 14.7 Å². The van der Waals surface area contributed by atoms with Crippen molar-refractivity contribution in [2.45, 2.75) is 57.2 Å². The number of carboxylic acid groups (broad SMARTS) is 1. The zero-order valence-corrected chi connectivity index (χ0v) is 11.3. The third-order valence-electron chi connectivity index (χ3n) is 4.37. The average molecular weight is 254 g/mol. The fourth-order valence-corrected chi connectivity index (χ4v) is 3.09. The molecular weight excluding hydrogens is 232 g/mol. The van der Waals surface area contributed by atoms with Crippen LogP contribution in [0.15, 0.2) is 0 Å².